The molecule has 22 heavy (non-hydrogen) atoms. The Balaban J connectivity index is 1.92. The molecule has 0 amide bonds. The number of benzene rings is 2. The van der Waals surface area contributed by atoms with Crippen molar-refractivity contribution in [2.45, 2.75) is 24.7 Å². The summed E-state index contributed by atoms with van der Waals surface area (Å²) in [7, 11) is -1.90. The third-order valence-corrected chi connectivity index (χ3v) is 4.91. The average Bonchev–Trinajstić information content (AvgIpc) is 2.52. The van der Waals surface area contributed by atoms with Crippen LogP contribution in [0.2, 0.25) is 0 Å². The van der Waals surface area contributed by atoms with Crippen molar-refractivity contribution < 1.29 is 13.2 Å². The zero-order valence-electron chi connectivity index (χ0n) is 12.9. The average molecular weight is 319 g/mol. The van der Waals surface area contributed by atoms with E-state index in [2.05, 4.69) is 4.72 Å². The molecule has 118 valence electrons. The van der Waals surface area contributed by atoms with Crippen LogP contribution in [0.25, 0.3) is 0 Å². The number of ether oxygens (including phenoxy) is 1. The molecule has 0 spiro atoms. The van der Waals surface area contributed by atoms with Gasteiger partial charge in [0.25, 0.3) is 0 Å². The van der Waals surface area contributed by atoms with Crippen LogP contribution in [0.5, 0.6) is 5.75 Å². The largest absolute Gasteiger partial charge is 0.496 e. The van der Waals surface area contributed by atoms with Crippen LogP contribution in [-0.2, 0) is 16.4 Å². The number of rotatable bonds is 7. The standard InChI is InChI=1S/C17H21NO3S/c1-14-13-16(10-11-17(14)21-2)22(19,20)18-12-6-9-15-7-4-3-5-8-15/h3-5,7-8,10-11,13,18H,6,9,12H2,1-2H3. The van der Waals surface area contributed by atoms with E-state index in [9.17, 15) is 8.42 Å². The van der Waals surface area contributed by atoms with Gasteiger partial charge in [0, 0.05) is 6.54 Å². The van der Waals surface area contributed by atoms with E-state index in [0.29, 0.717) is 12.3 Å². The zero-order valence-corrected chi connectivity index (χ0v) is 13.7. The van der Waals surface area contributed by atoms with Crippen LogP contribution in [0.3, 0.4) is 0 Å². The minimum absolute atomic E-state index is 0.269. The maximum absolute atomic E-state index is 12.2. The fourth-order valence-corrected chi connectivity index (χ4v) is 3.40. The van der Waals surface area contributed by atoms with Crippen molar-refractivity contribution in [3.8, 4) is 5.75 Å². The van der Waals surface area contributed by atoms with Crippen molar-refractivity contribution in [3.05, 3.63) is 59.7 Å². The van der Waals surface area contributed by atoms with E-state index in [1.165, 1.54) is 5.56 Å². The summed E-state index contributed by atoms with van der Waals surface area (Å²) in [6, 6.07) is 14.9. The first-order chi connectivity index (χ1) is 10.5. The molecule has 0 saturated heterocycles. The molecule has 0 bridgehead atoms. The molecule has 2 aromatic carbocycles. The van der Waals surface area contributed by atoms with E-state index >= 15 is 0 Å². The highest BCUT2D eigenvalue weighted by Crippen LogP contribution is 2.21. The molecule has 1 N–H and O–H groups in total. The van der Waals surface area contributed by atoms with Gasteiger partial charge in [-0.15, -0.1) is 0 Å². The highest BCUT2D eigenvalue weighted by molar-refractivity contribution is 7.89. The monoisotopic (exact) mass is 319 g/mol. The number of aryl methyl sites for hydroxylation is 2. The summed E-state index contributed by atoms with van der Waals surface area (Å²) in [6.07, 6.45) is 1.61. The predicted molar refractivity (Wildman–Crippen MR) is 87.7 cm³/mol. The Hall–Kier alpha value is -1.85. The normalized spacial score (nSPS) is 11.4. The number of sulfonamides is 1. The van der Waals surface area contributed by atoms with Crippen molar-refractivity contribution >= 4 is 10.0 Å². The summed E-state index contributed by atoms with van der Waals surface area (Å²) in [5.74, 6) is 0.683. The molecule has 0 fully saturated rings. The molecule has 0 aliphatic heterocycles. The summed E-state index contributed by atoms with van der Waals surface area (Å²) in [5.41, 5.74) is 2.01. The zero-order chi connectivity index (χ0) is 16.0. The second-order valence-electron chi connectivity index (χ2n) is 5.12. The van der Waals surface area contributed by atoms with Crippen LogP contribution in [0.4, 0.5) is 0 Å². The highest BCUT2D eigenvalue weighted by Gasteiger charge is 2.14. The number of methoxy groups -OCH3 is 1. The van der Waals surface area contributed by atoms with E-state index in [1.54, 1.807) is 25.3 Å². The molecular formula is C17H21NO3S. The summed E-state index contributed by atoms with van der Waals surface area (Å²) < 4.78 is 32.3. The molecule has 0 heterocycles. The first-order valence-electron chi connectivity index (χ1n) is 7.21. The summed E-state index contributed by atoms with van der Waals surface area (Å²) in [5, 5.41) is 0. The van der Waals surface area contributed by atoms with Crippen LogP contribution in [-0.4, -0.2) is 22.1 Å². The van der Waals surface area contributed by atoms with Crippen molar-refractivity contribution in [2.24, 2.45) is 0 Å². The quantitative estimate of drug-likeness (QED) is 0.798. The lowest BCUT2D eigenvalue weighted by Gasteiger charge is -2.09. The van der Waals surface area contributed by atoms with Gasteiger partial charge in [-0.1, -0.05) is 30.3 Å². The van der Waals surface area contributed by atoms with Gasteiger partial charge in [-0.2, -0.15) is 0 Å². The molecule has 0 aromatic heterocycles. The van der Waals surface area contributed by atoms with Gasteiger partial charge in [-0.25, -0.2) is 13.1 Å². The molecule has 0 saturated carbocycles. The molecule has 0 aliphatic rings. The topological polar surface area (TPSA) is 55.4 Å². The lowest BCUT2D eigenvalue weighted by Crippen LogP contribution is -2.25. The Labute approximate surface area is 132 Å². The number of hydrogen-bond acceptors (Lipinski definition) is 3. The molecule has 0 aliphatic carbocycles. The fraction of sp³-hybridized carbons (Fsp3) is 0.294. The lowest BCUT2D eigenvalue weighted by atomic mass is 10.1. The maximum atomic E-state index is 12.2. The molecule has 0 radical (unpaired) electrons. The Morgan fingerprint density at radius 3 is 2.45 bits per heavy atom. The van der Waals surface area contributed by atoms with Crippen molar-refractivity contribution in [1.82, 2.24) is 4.72 Å². The van der Waals surface area contributed by atoms with E-state index in [1.807, 2.05) is 37.3 Å². The van der Waals surface area contributed by atoms with Crippen LogP contribution >= 0.6 is 0 Å². The first kappa shape index (κ1) is 16.5. The molecule has 0 atom stereocenters. The van der Waals surface area contributed by atoms with E-state index in [4.69, 9.17) is 4.74 Å². The summed E-state index contributed by atoms with van der Waals surface area (Å²) >= 11 is 0. The molecule has 4 nitrogen and oxygen atoms in total. The van der Waals surface area contributed by atoms with Gasteiger partial charge in [0.2, 0.25) is 10.0 Å². The van der Waals surface area contributed by atoms with Gasteiger partial charge in [0.05, 0.1) is 12.0 Å². The Morgan fingerprint density at radius 2 is 1.82 bits per heavy atom. The molecule has 2 rings (SSSR count). The minimum Gasteiger partial charge on any atom is -0.496 e. The SMILES string of the molecule is COc1ccc(S(=O)(=O)NCCCc2ccccc2)cc1C. The number of hydrogen-bond donors (Lipinski definition) is 1. The summed E-state index contributed by atoms with van der Waals surface area (Å²) in [6.45, 7) is 2.25. The van der Waals surface area contributed by atoms with Crippen LogP contribution in [0.1, 0.15) is 17.5 Å². The second kappa shape index (κ2) is 7.42. The van der Waals surface area contributed by atoms with E-state index < -0.39 is 10.0 Å². The Morgan fingerprint density at radius 1 is 1.09 bits per heavy atom. The fourth-order valence-electron chi connectivity index (χ4n) is 2.25. The summed E-state index contributed by atoms with van der Waals surface area (Å²) in [4.78, 5) is 0.269. The van der Waals surface area contributed by atoms with Crippen molar-refractivity contribution in [3.63, 3.8) is 0 Å². The minimum atomic E-state index is -3.47. The molecular weight excluding hydrogens is 298 g/mol. The number of nitrogens with one attached hydrogen (secondary N) is 1. The van der Waals surface area contributed by atoms with Gasteiger partial charge in [-0.05, 0) is 49.1 Å². The van der Waals surface area contributed by atoms with Crippen LogP contribution in [0, 0.1) is 6.92 Å². The van der Waals surface area contributed by atoms with Gasteiger partial charge in [0.15, 0.2) is 0 Å². The molecule has 2 aromatic rings. The van der Waals surface area contributed by atoms with Gasteiger partial charge < -0.3 is 4.74 Å². The van der Waals surface area contributed by atoms with Crippen LogP contribution < -0.4 is 9.46 Å². The highest BCUT2D eigenvalue weighted by atomic mass is 32.2. The third kappa shape index (κ3) is 4.32. The Bertz CT molecular complexity index is 712. The maximum Gasteiger partial charge on any atom is 0.240 e. The van der Waals surface area contributed by atoms with E-state index in [0.717, 1.165) is 18.4 Å². The van der Waals surface area contributed by atoms with E-state index in [-0.39, 0.29) is 4.90 Å². The molecule has 5 heteroatoms. The van der Waals surface area contributed by atoms with Crippen molar-refractivity contribution in [2.75, 3.05) is 13.7 Å². The predicted octanol–water partition coefficient (Wildman–Crippen LogP) is 2.91. The van der Waals surface area contributed by atoms with Gasteiger partial charge in [-0.3, -0.25) is 0 Å². The van der Waals surface area contributed by atoms with Gasteiger partial charge >= 0.3 is 0 Å². The Kier molecular flexibility index (Phi) is 5.57. The third-order valence-electron chi connectivity index (χ3n) is 3.45. The van der Waals surface area contributed by atoms with Crippen molar-refractivity contribution in [1.29, 1.82) is 0 Å². The molecule has 0 unspecified atom stereocenters. The lowest BCUT2D eigenvalue weighted by molar-refractivity contribution is 0.411. The first-order valence-corrected chi connectivity index (χ1v) is 8.69. The smallest absolute Gasteiger partial charge is 0.240 e. The van der Waals surface area contributed by atoms with Gasteiger partial charge in [0.1, 0.15) is 5.75 Å². The van der Waals surface area contributed by atoms with Crippen LogP contribution in [0.15, 0.2) is 53.4 Å². The second-order valence-corrected chi connectivity index (χ2v) is 6.89.